The largest absolute Gasteiger partial charge is 0.389 e. The summed E-state index contributed by atoms with van der Waals surface area (Å²) < 4.78 is 1.56. The molecule has 0 bridgehead atoms. The average Bonchev–Trinajstić information content (AvgIpc) is 2.59. The number of hydrogen-bond donors (Lipinski definition) is 2. The average molecular weight is 254 g/mol. The predicted molar refractivity (Wildman–Crippen MR) is 71.7 cm³/mol. The first-order valence-electron chi connectivity index (χ1n) is 5.47. The first kappa shape index (κ1) is 13.6. The maximum atomic E-state index is 11.9. The molecule has 0 aliphatic heterocycles. The fourth-order valence-electron chi connectivity index (χ4n) is 1.30. The van der Waals surface area contributed by atoms with E-state index >= 15 is 0 Å². The number of aromatic nitrogens is 2. The van der Waals surface area contributed by atoms with Crippen molar-refractivity contribution in [3.8, 4) is 0 Å². The quantitative estimate of drug-likeness (QED) is 0.794. The highest BCUT2D eigenvalue weighted by Gasteiger charge is 2.20. The van der Waals surface area contributed by atoms with Gasteiger partial charge in [0.05, 0.1) is 11.8 Å². The van der Waals surface area contributed by atoms with E-state index in [1.54, 1.807) is 17.9 Å². The molecule has 0 fully saturated rings. The fraction of sp³-hybridized carbons (Fsp3) is 0.545. The van der Waals surface area contributed by atoms with Crippen LogP contribution >= 0.6 is 12.2 Å². The minimum absolute atomic E-state index is 0.0545. The zero-order valence-corrected chi connectivity index (χ0v) is 11.3. The fourth-order valence-corrected chi connectivity index (χ4v) is 1.45. The molecular formula is C11H18N4OS. The molecular weight excluding hydrogens is 236 g/mol. The molecule has 0 saturated carbocycles. The van der Waals surface area contributed by atoms with Gasteiger partial charge in [0.25, 0.3) is 0 Å². The van der Waals surface area contributed by atoms with Crippen molar-refractivity contribution >= 4 is 28.9 Å². The minimum atomic E-state index is -0.0795. The maximum Gasteiger partial charge on any atom is 0.228 e. The Morgan fingerprint density at radius 1 is 1.53 bits per heavy atom. The van der Waals surface area contributed by atoms with Crippen LogP contribution in [0.15, 0.2) is 6.20 Å². The predicted octanol–water partition coefficient (Wildman–Crippen LogP) is 1.28. The lowest BCUT2D eigenvalue weighted by atomic mass is 9.97. The van der Waals surface area contributed by atoms with Gasteiger partial charge in [-0.2, -0.15) is 5.10 Å². The molecule has 1 heterocycles. The number of thiocarbonyl (C=S) groups is 1. The Labute approximate surface area is 106 Å². The lowest BCUT2D eigenvalue weighted by Crippen LogP contribution is -2.26. The van der Waals surface area contributed by atoms with Gasteiger partial charge in [0, 0.05) is 13.0 Å². The van der Waals surface area contributed by atoms with Crippen LogP contribution in [-0.4, -0.2) is 20.7 Å². The normalized spacial score (nSPS) is 12.5. The van der Waals surface area contributed by atoms with E-state index in [0.29, 0.717) is 11.4 Å². The highest BCUT2D eigenvalue weighted by molar-refractivity contribution is 7.80. The first-order valence-corrected chi connectivity index (χ1v) is 5.88. The van der Waals surface area contributed by atoms with E-state index in [0.717, 1.165) is 0 Å². The summed E-state index contributed by atoms with van der Waals surface area (Å²) in [6.45, 7) is 5.89. The van der Waals surface area contributed by atoms with Crippen LogP contribution in [0, 0.1) is 11.8 Å². The van der Waals surface area contributed by atoms with Gasteiger partial charge in [-0.25, -0.2) is 0 Å². The van der Waals surface area contributed by atoms with Gasteiger partial charge in [-0.15, -0.1) is 0 Å². The van der Waals surface area contributed by atoms with Crippen molar-refractivity contribution < 1.29 is 4.79 Å². The highest BCUT2D eigenvalue weighted by Crippen LogP contribution is 2.17. The third-order valence-corrected chi connectivity index (χ3v) is 3.08. The Morgan fingerprint density at radius 3 is 2.59 bits per heavy atom. The smallest absolute Gasteiger partial charge is 0.228 e. The van der Waals surface area contributed by atoms with Crippen LogP contribution in [0.5, 0.6) is 0 Å². The number of nitrogens with two attached hydrogens (primary N) is 1. The molecule has 0 saturated heterocycles. The molecule has 0 aliphatic rings. The SMILES string of the molecule is CC(C)C(C)C(=O)Nc1c(C(N)=S)cnn1C. The summed E-state index contributed by atoms with van der Waals surface area (Å²) in [7, 11) is 1.73. The standard InChI is InChI=1S/C11H18N4OS/c1-6(2)7(3)11(16)14-10-8(9(12)17)5-13-15(10)4/h5-7H,1-4H3,(H2,12,17)(H,14,16). The lowest BCUT2D eigenvalue weighted by Gasteiger charge is -2.16. The lowest BCUT2D eigenvalue weighted by molar-refractivity contribution is -0.120. The van der Waals surface area contributed by atoms with Gasteiger partial charge in [-0.05, 0) is 5.92 Å². The Hall–Kier alpha value is -1.43. The number of rotatable bonds is 4. The molecule has 1 aromatic heterocycles. The zero-order chi connectivity index (χ0) is 13.2. The number of hydrogen-bond acceptors (Lipinski definition) is 3. The summed E-state index contributed by atoms with van der Waals surface area (Å²) in [6, 6.07) is 0. The Bertz CT molecular complexity index is 439. The van der Waals surface area contributed by atoms with Gasteiger partial charge in [0.2, 0.25) is 5.91 Å². The van der Waals surface area contributed by atoms with Crippen molar-refractivity contribution in [3.05, 3.63) is 11.8 Å². The zero-order valence-electron chi connectivity index (χ0n) is 10.5. The molecule has 0 aromatic carbocycles. The Kier molecular flexibility index (Phi) is 4.22. The van der Waals surface area contributed by atoms with Gasteiger partial charge in [0.1, 0.15) is 10.8 Å². The molecule has 3 N–H and O–H groups in total. The van der Waals surface area contributed by atoms with E-state index in [-0.39, 0.29) is 22.7 Å². The van der Waals surface area contributed by atoms with Crippen molar-refractivity contribution in [1.29, 1.82) is 0 Å². The van der Waals surface area contributed by atoms with Crippen LogP contribution in [0.1, 0.15) is 26.3 Å². The van der Waals surface area contributed by atoms with Crippen LogP contribution in [0.25, 0.3) is 0 Å². The molecule has 17 heavy (non-hydrogen) atoms. The number of carbonyl (C=O) groups excluding carboxylic acids is 1. The number of nitrogens with zero attached hydrogens (tertiary/aromatic N) is 2. The highest BCUT2D eigenvalue weighted by atomic mass is 32.1. The summed E-state index contributed by atoms with van der Waals surface area (Å²) in [5, 5.41) is 6.84. The molecule has 94 valence electrons. The first-order chi connectivity index (χ1) is 7.84. The van der Waals surface area contributed by atoms with E-state index in [4.69, 9.17) is 18.0 Å². The van der Waals surface area contributed by atoms with Crippen molar-refractivity contribution in [1.82, 2.24) is 9.78 Å². The van der Waals surface area contributed by atoms with Crippen LogP contribution in [-0.2, 0) is 11.8 Å². The summed E-state index contributed by atoms with van der Waals surface area (Å²) in [6.07, 6.45) is 1.55. The third kappa shape index (κ3) is 3.03. The molecule has 1 aromatic rings. The van der Waals surface area contributed by atoms with E-state index in [1.165, 1.54) is 0 Å². The molecule has 1 unspecified atom stereocenters. The van der Waals surface area contributed by atoms with Crippen molar-refractivity contribution in [2.45, 2.75) is 20.8 Å². The molecule has 5 nitrogen and oxygen atoms in total. The van der Waals surface area contributed by atoms with Gasteiger partial charge in [0.15, 0.2) is 0 Å². The summed E-state index contributed by atoms with van der Waals surface area (Å²) in [4.78, 5) is 12.2. The number of amides is 1. The summed E-state index contributed by atoms with van der Waals surface area (Å²) in [5.74, 6) is 0.691. The van der Waals surface area contributed by atoms with E-state index in [2.05, 4.69) is 10.4 Å². The summed E-state index contributed by atoms with van der Waals surface area (Å²) >= 11 is 4.91. The van der Waals surface area contributed by atoms with E-state index in [9.17, 15) is 4.79 Å². The van der Waals surface area contributed by atoms with Crippen molar-refractivity contribution in [2.24, 2.45) is 24.6 Å². The maximum absolute atomic E-state index is 11.9. The van der Waals surface area contributed by atoms with Gasteiger partial charge in [-0.3, -0.25) is 9.48 Å². The molecule has 0 aliphatic carbocycles. The third-order valence-electron chi connectivity index (χ3n) is 2.86. The Morgan fingerprint density at radius 2 is 2.12 bits per heavy atom. The topological polar surface area (TPSA) is 72.9 Å². The number of carbonyl (C=O) groups is 1. The van der Waals surface area contributed by atoms with E-state index in [1.807, 2.05) is 20.8 Å². The number of anilines is 1. The van der Waals surface area contributed by atoms with Crippen LogP contribution in [0.4, 0.5) is 5.82 Å². The minimum Gasteiger partial charge on any atom is -0.389 e. The van der Waals surface area contributed by atoms with E-state index < -0.39 is 0 Å². The van der Waals surface area contributed by atoms with Crippen LogP contribution in [0.2, 0.25) is 0 Å². The van der Waals surface area contributed by atoms with Gasteiger partial charge >= 0.3 is 0 Å². The van der Waals surface area contributed by atoms with Crippen molar-refractivity contribution in [3.63, 3.8) is 0 Å². The number of aryl methyl sites for hydroxylation is 1. The molecule has 6 heteroatoms. The monoisotopic (exact) mass is 254 g/mol. The molecule has 0 radical (unpaired) electrons. The second kappa shape index (κ2) is 5.27. The molecule has 1 atom stereocenters. The number of nitrogens with one attached hydrogen (secondary N) is 1. The molecule has 1 rings (SSSR count). The van der Waals surface area contributed by atoms with Gasteiger partial charge < -0.3 is 11.1 Å². The Balaban J connectivity index is 2.92. The molecule has 0 spiro atoms. The van der Waals surface area contributed by atoms with Crippen LogP contribution < -0.4 is 11.1 Å². The molecule has 1 amide bonds. The van der Waals surface area contributed by atoms with Crippen LogP contribution in [0.3, 0.4) is 0 Å². The second-order valence-electron chi connectivity index (χ2n) is 4.42. The van der Waals surface area contributed by atoms with Gasteiger partial charge in [-0.1, -0.05) is 33.0 Å². The second-order valence-corrected chi connectivity index (χ2v) is 4.86. The summed E-state index contributed by atoms with van der Waals surface area (Å²) in [5.41, 5.74) is 6.16. The van der Waals surface area contributed by atoms with Crippen molar-refractivity contribution in [2.75, 3.05) is 5.32 Å².